The number of fused-ring (bicyclic) bond motifs is 1. The van der Waals surface area contributed by atoms with Gasteiger partial charge in [0.05, 0.1) is 18.1 Å². The van der Waals surface area contributed by atoms with E-state index in [2.05, 4.69) is 4.74 Å². The summed E-state index contributed by atoms with van der Waals surface area (Å²) < 4.78 is 35.1. The summed E-state index contributed by atoms with van der Waals surface area (Å²) in [6.45, 7) is 0.0468. The average molecular weight is 420 g/mol. The Balaban J connectivity index is 1.52. The Kier molecular flexibility index (Phi) is 5.66. The van der Waals surface area contributed by atoms with Crippen LogP contribution in [0.25, 0.3) is 11.0 Å². The van der Waals surface area contributed by atoms with Crippen molar-refractivity contribution in [3.8, 4) is 17.2 Å². The van der Waals surface area contributed by atoms with Crippen LogP contribution in [0.3, 0.4) is 0 Å². The lowest BCUT2D eigenvalue weighted by molar-refractivity contribution is 0.0600. The number of hydrogen-bond donors (Lipinski definition) is 0. The van der Waals surface area contributed by atoms with Crippen molar-refractivity contribution in [1.29, 1.82) is 0 Å². The van der Waals surface area contributed by atoms with Crippen molar-refractivity contribution in [2.24, 2.45) is 0 Å². The van der Waals surface area contributed by atoms with Crippen LogP contribution in [0.15, 0.2) is 82.2 Å². The summed E-state index contributed by atoms with van der Waals surface area (Å²) in [7, 11) is 1.30. The van der Waals surface area contributed by atoms with Crippen LogP contribution in [0.4, 0.5) is 4.39 Å². The van der Waals surface area contributed by atoms with Crippen molar-refractivity contribution in [3.05, 3.63) is 100 Å². The highest BCUT2D eigenvalue weighted by molar-refractivity contribution is 5.89. The largest absolute Gasteiger partial charge is 0.489 e. The van der Waals surface area contributed by atoms with Gasteiger partial charge in [-0.3, -0.25) is 4.79 Å². The summed E-state index contributed by atoms with van der Waals surface area (Å²) >= 11 is 0. The SMILES string of the molecule is COC(=O)c1ccc(Oc2coc3cc(OCc4ccccc4F)ccc3c2=O)cc1. The number of carbonyl (C=O) groups excluding carboxylic acids is 1. The maximum Gasteiger partial charge on any atom is 0.337 e. The van der Waals surface area contributed by atoms with Crippen LogP contribution in [0.2, 0.25) is 0 Å². The van der Waals surface area contributed by atoms with Gasteiger partial charge in [-0.1, -0.05) is 18.2 Å². The first kappa shape index (κ1) is 20.2. The van der Waals surface area contributed by atoms with Crippen LogP contribution in [-0.2, 0) is 11.3 Å². The van der Waals surface area contributed by atoms with Crippen LogP contribution >= 0.6 is 0 Å². The fraction of sp³-hybridized carbons (Fsp3) is 0.0833. The van der Waals surface area contributed by atoms with E-state index in [9.17, 15) is 14.0 Å². The first-order valence-electron chi connectivity index (χ1n) is 9.33. The molecule has 0 radical (unpaired) electrons. The number of methoxy groups -OCH3 is 1. The zero-order chi connectivity index (χ0) is 21.8. The van der Waals surface area contributed by atoms with E-state index in [-0.39, 0.29) is 23.6 Å². The number of rotatable bonds is 6. The molecule has 1 aromatic heterocycles. The van der Waals surface area contributed by atoms with Gasteiger partial charge in [0, 0.05) is 11.6 Å². The molecule has 0 saturated heterocycles. The lowest BCUT2D eigenvalue weighted by atomic mass is 10.2. The summed E-state index contributed by atoms with van der Waals surface area (Å²) in [5.41, 5.74) is 0.734. The Bertz CT molecular complexity index is 1290. The molecule has 0 spiro atoms. The predicted octanol–water partition coefficient (Wildman–Crippen LogP) is 5.09. The fourth-order valence-corrected chi connectivity index (χ4v) is 2.93. The summed E-state index contributed by atoms with van der Waals surface area (Å²) in [6, 6.07) is 17.2. The molecule has 0 aliphatic rings. The average Bonchev–Trinajstić information content (AvgIpc) is 2.80. The quantitative estimate of drug-likeness (QED) is 0.405. The lowest BCUT2D eigenvalue weighted by Crippen LogP contribution is -2.05. The fourth-order valence-electron chi connectivity index (χ4n) is 2.93. The third-order valence-corrected chi connectivity index (χ3v) is 4.57. The summed E-state index contributed by atoms with van der Waals surface area (Å²) in [6.07, 6.45) is 1.21. The molecule has 0 saturated carbocycles. The highest BCUT2D eigenvalue weighted by Gasteiger charge is 2.12. The molecule has 0 bridgehead atoms. The Morgan fingerprint density at radius 3 is 2.48 bits per heavy atom. The van der Waals surface area contributed by atoms with Gasteiger partial charge in [0.1, 0.15) is 35.8 Å². The molecule has 4 aromatic rings. The van der Waals surface area contributed by atoms with E-state index in [1.807, 2.05) is 0 Å². The molecule has 4 rings (SSSR count). The molecular weight excluding hydrogens is 403 g/mol. The van der Waals surface area contributed by atoms with Gasteiger partial charge in [-0.2, -0.15) is 0 Å². The topological polar surface area (TPSA) is 75.0 Å². The van der Waals surface area contributed by atoms with Crippen LogP contribution in [0, 0.1) is 5.82 Å². The van der Waals surface area contributed by atoms with E-state index >= 15 is 0 Å². The maximum absolute atomic E-state index is 13.7. The van der Waals surface area contributed by atoms with E-state index in [0.29, 0.717) is 33.6 Å². The minimum atomic E-state index is -0.468. The van der Waals surface area contributed by atoms with Gasteiger partial charge in [0.2, 0.25) is 11.2 Å². The molecule has 0 unspecified atom stereocenters. The second-order valence-electron chi connectivity index (χ2n) is 6.59. The number of hydrogen-bond acceptors (Lipinski definition) is 6. The van der Waals surface area contributed by atoms with Gasteiger partial charge in [-0.15, -0.1) is 0 Å². The molecule has 0 aliphatic heterocycles. The van der Waals surface area contributed by atoms with Gasteiger partial charge in [-0.25, -0.2) is 9.18 Å². The minimum Gasteiger partial charge on any atom is -0.489 e. The Morgan fingerprint density at radius 1 is 1.00 bits per heavy atom. The van der Waals surface area contributed by atoms with E-state index in [4.69, 9.17) is 13.9 Å². The van der Waals surface area contributed by atoms with Crippen LogP contribution in [-0.4, -0.2) is 13.1 Å². The normalized spacial score (nSPS) is 10.6. The van der Waals surface area contributed by atoms with Crippen LogP contribution in [0.1, 0.15) is 15.9 Å². The smallest absolute Gasteiger partial charge is 0.337 e. The minimum absolute atomic E-state index is 0.00153. The zero-order valence-electron chi connectivity index (χ0n) is 16.5. The number of carbonyl (C=O) groups is 1. The Morgan fingerprint density at radius 2 is 1.74 bits per heavy atom. The highest BCUT2D eigenvalue weighted by Crippen LogP contribution is 2.25. The van der Waals surface area contributed by atoms with Crippen molar-refractivity contribution in [2.45, 2.75) is 6.61 Å². The van der Waals surface area contributed by atoms with E-state index in [0.717, 1.165) is 0 Å². The van der Waals surface area contributed by atoms with Crippen molar-refractivity contribution in [2.75, 3.05) is 7.11 Å². The standard InChI is InChI=1S/C24H17FO6/c1-28-24(27)15-6-8-17(9-7-15)31-22-14-30-21-12-18(10-11-19(21)23(22)26)29-13-16-4-2-3-5-20(16)25/h2-12,14H,13H2,1H3. The predicted molar refractivity (Wildman–Crippen MR) is 111 cm³/mol. The summed E-state index contributed by atoms with van der Waals surface area (Å²) in [4.78, 5) is 24.2. The van der Waals surface area contributed by atoms with Crippen molar-refractivity contribution in [3.63, 3.8) is 0 Å². The third kappa shape index (κ3) is 4.40. The number of halogens is 1. The lowest BCUT2D eigenvalue weighted by Gasteiger charge is -2.09. The van der Waals surface area contributed by atoms with Gasteiger partial charge >= 0.3 is 5.97 Å². The number of esters is 1. The van der Waals surface area contributed by atoms with E-state index < -0.39 is 5.97 Å². The molecular formula is C24H17FO6. The second kappa shape index (κ2) is 8.71. The third-order valence-electron chi connectivity index (χ3n) is 4.57. The molecule has 3 aromatic carbocycles. The first-order chi connectivity index (χ1) is 15.0. The van der Waals surface area contributed by atoms with Crippen molar-refractivity contribution < 1.29 is 27.8 Å². The van der Waals surface area contributed by atoms with Gasteiger partial charge in [-0.05, 0) is 42.5 Å². The molecule has 31 heavy (non-hydrogen) atoms. The molecule has 6 nitrogen and oxygen atoms in total. The summed E-state index contributed by atoms with van der Waals surface area (Å²) in [5.74, 6) is -0.0190. The van der Waals surface area contributed by atoms with Gasteiger partial charge in [0.25, 0.3) is 0 Å². The van der Waals surface area contributed by atoms with Crippen LogP contribution in [0.5, 0.6) is 17.2 Å². The van der Waals surface area contributed by atoms with Gasteiger partial charge in [0.15, 0.2) is 0 Å². The molecule has 0 fully saturated rings. The number of ether oxygens (including phenoxy) is 3. The molecule has 7 heteroatoms. The molecule has 0 amide bonds. The van der Waals surface area contributed by atoms with Gasteiger partial charge < -0.3 is 18.6 Å². The van der Waals surface area contributed by atoms with E-state index in [1.165, 1.54) is 31.6 Å². The summed E-state index contributed by atoms with van der Waals surface area (Å²) in [5, 5.41) is 0.307. The van der Waals surface area contributed by atoms with Crippen molar-refractivity contribution in [1.82, 2.24) is 0 Å². The molecule has 1 heterocycles. The maximum atomic E-state index is 13.7. The zero-order valence-corrected chi connectivity index (χ0v) is 16.5. The molecule has 0 N–H and O–H groups in total. The molecule has 0 atom stereocenters. The Hall–Kier alpha value is -4.13. The second-order valence-corrected chi connectivity index (χ2v) is 6.59. The number of benzene rings is 3. The Labute approximate surface area is 176 Å². The highest BCUT2D eigenvalue weighted by atomic mass is 19.1. The first-order valence-corrected chi connectivity index (χ1v) is 9.33. The monoisotopic (exact) mass is 420 g/mol. The van der Waals surface area contributed by atoms with E-state index in [1.54, 1.807) is 48.5 Å². The van der Waals surface area contributed by atoms with Crippen molar-refractivity contribution >= 4 is 16.9 Å². The van der Waals surface area contributed by atoms with Crippen LogP contribution < -0.4 is 14.9 Å². The molecule has 156 valence electrons. The molecule has 0 aliphatic carbocycles.